The molecule has 1 aromatic carbocycles. The Morgan fingerprint density at radius 3 is 2.42 bits per heavy atom. The van der Waals surface area contributed by atoms with Gasteiger partial charge in [-0.3, -0.25) is 0 Å². The molecule has 0 fully saturated rings. The zero-order valence-corrected chi connectivity index (χ0v) is 8.24. The van der Waals surface area contributed by atoms with Gasteiger partial charge in [-0.2, -0.15) is 0 Å². The van der Waals surface area contributed by atoms with Crippen LogP contribution in [0.25, 0.3) is 0 Å². The molecule has 2 heteroatoms. The van der Waals surface area contributed by atoms with Crippen LogP contribution in [-0.2, 0) is 0 Å². The molecule has 0 amide bonds. The van der Waals surface area contributed by atoms with Crippen LogP contribution in [0.15, 0.2) is 43.0 Å². The maximum Gasteiger partial charge on any atom is 0.0949 e. The molecule has 0 bridgehead atoms. The van der Waals surface area contributed by atoms with E-state index in [1.165, 1.54) is 0 Å². The highest BCUT2D eigenvalue weighted by atomic mass is 79.9. The van der Waals surface area contributed by atoms with Crippen LogP contribution < -0.4 is 0 Å². The summed E-state index contributed by atoms with van der Waals surface area (Å²) in [7, 11) is 0. The molecule has 0 aliphatic rings. The molecule has 0 aromatic heterocycles. The van der Waals surface area contributed by atoms with Crippen LogP contribution in [0.5, 0.6) is 0 Å². The smallest absolute Gasteiger partial charge is 0.0949 e. The molecule has 0 unspecified atom stereocenters. The van der Waals surface area contributed by atoms with E-state index < -0.39 is 6.10 Å². The first-order valence-corrected chi connectivity index (χ1v) is 4.67. The van der Waals surface area contributed by atoms with Gasteiger partial charge < -0.3 is 5.11 Å². The Bertz CT molecular complexity index is 245. The molecule has 1 aromatic rings. The first kappa shape index (κ1) is 9.49. The monoisotopic (exact) mass is 226 g/mol. The molecule has 12 heavy (non-hydrogen) atoms. The molecule has 1 nitrogen and oxygen atoms in total. The number of aliphatic hydroxyl groups is 1. The van der Waals surface area contributed by atoms with Crippen molar-refractivity contribution in [3.8, 4) is 0 Å². The topological polar surface area (TPSA) is 20.2 Å². The van der Waals surface area contributed by atoms with Gasteiger partial charge in [0.25, 0.3) is 0 Å². The standard InChI is InChI=1S/C10H11BrO/c1-2-9(11)10(12)8-6-4-3-5-7-8/h2-7,9-10,12H,1H2/t9-,10-/m1/s1. The lowest BCUT2D eigenvalue weighted by Gasteiger charge is -2.13. The fourth-order valence-corrected chi connectivity index (χ4v) is 1.27. The molecule has 1 rings (SSSR count). The maximum absolute atomic E-state index is 9.67. The highest BCUT2D eigenvalue weighted by Crippen LogP contribution is 2.22. The van der Waals surface area contributed by atoms with Crippen molar-refractivity contribution in [3.05, 3.63) is 48.6 Å². The predicted molar refractivity (Wildman–Crippen MR) is 54.3 cm³/mol. The van der Waals surface area contributed by atoms with Crippen LogP contribution >= 0.6 is 15.9 Å². The molecule has 0 saturated carbocycles. The van der Waals surface area contributed by atoms with Gasteiger partial charge in [0.05, 0.1) is 10.9 Å². The van der Waals surface area contributed by atoms with E-state index in [2.05, 4.69) is 22.5 Å². The van der Waals surface area contributed by atoms with E-state index in [4.69, 9.17) is 0 Å². The van der Waals surface area contributed by atoms with Crippen LogP contribution in [0.3, 0.4) is 0 Å². The summed E-state index contributed by atoms with van der Waals surface area (Å²) < 4.78 is 0. The van der Waals surface area contributed by atoms with Gasteiger partial charge in [0.15, 0.2) is 0 Å². The fourth-order valence-electron chi connectivity index (χ4n) is 0.963. The molecular weight excluding hydrogens is 216 g/mol. The maximum atomic E-state index is 9.67. The van der Waals surface area contributed by atoms with Crippen LogP contribution in [-0.4, -0.2) is 9.93 Å². The van der Waals surface area contributed by atoms with E-state index in [9.17, 15) is 5.11 Å². The zero-order chi connectivity index (χ0) is 8.97. The molecule has 2 atom stereocenters. The Morgan fingerprint density at radius 1 is 1.33 bits per heavy atom. The summed E-state index contributed by atoms with van der Waals surface area (Å²) >= 11 is 3.31. The van der Waals surface area contributed by atoms with Gasteiger partial charge in [0, 0.05) is 0 Å². The summed E-state index contributed by atoms with van der Waals surface area (Å²) in [6, 6.07) is 9.51. The summed E-state index contributed by atoms with van der Waals surface area (Å²) in [5.74, 6) is 0. The molecule has 0 aliphatic carbocycles. The van der Waals surface area contributed by atoms with E-state index >= 15 is 0 Å². The van der Waals surface area contributed by atoms with Crippen molar-refractivity contribution in [1.82, 2.24) is 0 Å². The van der Waals surface area contributed by atoms with Crippen LogP contribution in [0, 0.1) is 0 Å². The third kappa shape index (κ3) is 2.19. The van der Waals surface area contributed by atoms with Crippen LogP contribution in [0.2, 0.25) is 0 Å². The number of hydrogen-bond acceptors (Lipinski definition) is 1. The average Bonchev–Trinajstić information content (AvgIpc) is 2.17. The Balaban J connectivity index is 2.78. The summed E-state index contributed by atoms with van der Waals surface area (Å²) in [6.45, 7) is 3.60. The van der Waals surface area contributed by atoms with Crippen molar-refractivity contribution in [1.29, 1.82) is 0 Å². The second-order valence-corrected chi connectivity index (χ2v) is 3.59. The minimum atomic E-state index is -0.510. The number of alkyl halides is 1. The molecule has 0 spiro atoms. The van der Waals surface area contributed by atoms with Gasteiger partial charge in [-0.25, -0.2) is 0 Å². The SMILES string of the molecule is C=C[C@@H](Br)[C@H](O)c1ccccc1. The van der Waals surface area contributed by atoms with Gasteiger partial charge in [-0.05, 0) is 5.56 Å². The lowest BCUT2D eigenvalue weighted by molar-refractivity contribution is 0.188. The molecule has 0 radical (unpaired) electrons. The third-order valence-corrected chi connectivity index (χ3v) is 2.54. The zero-order valence-electron chi connectivity index (χ0n) is 6.65. The largest absolute Gasteiger partial charge is 0.387 e. The second-order valence-electron chi connectivity index (χ2n) is 2.54. The van der Waals surface area contributed by atoms with E-state index in [1.54, 1.807) is 6.08 Å². The molecule has 64 valence electrons. The molecule has 1 N–H and O–H groups in total. The Kier molecular flexibility index (Phi) is 3.50. The Hall–Kier alpha value is -0.600. The number of rotatable bonds is 3. The highest BCUT2D eigenvalue weighted by molar-refractivity contribution is 9.09. The Labute approximate surface area is 80.9 Å². The minimum absolute atomic E-state index is 0.0834. The van der Waals surface area contributed by atoms with E-state index in [-0.39, 0.29) is 4.83 Å². The van der Waals surface area contributed by atoms with Crippen molar-refractivity contribution in [2.75, 3.05) is 0 Å². The van der Waals surface area contributed by atoms with Crippen LogP contribution in [0.4, 0.5) is 0 Å². The number of aliphatic hydroxyl groups excluding tert-OH is 1. The average molecular weight is 227 g/mol. The van der Waals surface area contributed by atoms with Gasteiger partial charge >= 0.3 is 0 Å². The lowest BCUT2D eigenvalue weighted by atomic mass is 10.1. The van der Waals surface area contributed by atoms with Crippen LogP contribution in [0.1, 0.15) is 11.7 Å². The van der Waals surface area contributed by atoms with E-state index in [0.717, 1.165) is 5.56 Å². The van der Waals surface area contributed by atoms with Crippen molar-refractivity contribution in [3.63, 3.8) is 0 Å². The first-order chi connectivity index (χ1) is 5.75. The fraction of sp³-hybridized carbons (Fsp3) is 0.200. The van der Waals surface area contributed by atoms with Crippen molar-refractivity contribution in [2.45, 2.75) is 10.9 Å². The summed E-state index contributed by atoms with van der Waals surface area (Å²) in [4.78, 5) is -0.0834. The van der Waals surface area contributed by atoms with E-state index in [0.29, 0.717) is 0 Å². The summed E-state index contributed by atoms with van der Waals surface area (Å²) in [5.41, 5.74) is 0.902. The summed E-state index contributed by atoms with van der Waals surface area (Å²) in [5, 5.41) is 9.67. The van der Waals surface area contributed by atoms with E-state index in [1.807, 2.05) is 30.3 Å². The number of halogens is 1. The highest BCUT2D eigenvalue weighted by Gasteiger charge is 2.13. The van der Waals surface area contributed by atoms with Gasteiger partial charge in [-0.1, -0.05) is 52.3 Å². The van der Waals surface area contributed by atoms with Gasteiger partial charge in [-0.15, -0.1) is 6.58 Å². The second kappa shape index (κ2) is 4.43. The van der Waals surface area contributed by atoms with Crippen molar-refractivity contribution >= 4 is 15.9 Å². The molecule has 0 saturated heterocycles. The summed E-state index contributed by atoms with van der Waals surface area (Å²) in [6.07, 6.45) is 1.17. The first-order valence-electron chi connectivity index (χ1n) is 3.75. The third-order valence-electron chi connectivity index (χ3n) is 1.67. The lowest BCUT2D eigenvalue weighted by Crippen LogP contribution is -2.08. The molecule has 0 aliphatic heterocycles. The molecule has 0 heterocycles. The quantitative estimate of drug-likeness (QED) is 0.621. The Morgan fingerprint density at radius 2 is 1.92 bits per heavy atom. The van der Waals surface area contributed by atoms with Gasteiger partial charge in [0.2, 0.25) is 0 Å². The normalized spacial score (nSPS) is 15.2. The number of hydrogen-bond donors (Lipinski definition) is 1. The van der Waals surface area contributed by atoms with Crippen molar-refractivity contribution < 1.29 is 5.11 Å². The number of benzene rings is 1. The minimum Gasteiger partial charge on any atom is -0.387 e. The predicted octanol–water partition coefficient (Wildman–Crippen LogP) is 2.67. The van der Waals surface area contributed by atoms with Gasteiger partial charge in [0.1, 0.15) is 0 Å². The molecular formula is C10H11BrO. The van der Waals surface area contributed by atoms with Crippen molar-refractivity contribution in [2.24, 2.45) is 0 Å².